The summed E-state index contributed by atoms with van der Waals surface area (Å²) in [6.07, 6.45) is -1.47. The van der Waals surface area contributed by atoms with Crippen LogP contribution in [0.1, 0.15) is 0 Å². The number of carbonyl (C=O) groups excluding carboxylic acids is 1. The average molecular weight is 195 g/mol. The SMILES string of the molecule is N[C@@H](CO)[C@@H](O)C(=O)[C@H](S)CO. The largest absolute Gasteiger partial charge is 0.395 e. The van der Waals surface area contributed by atoms with Gasteiger partial charge < -0.3 is 21.1 Å². The third-order valence-electron chi connectivity index (χ3n) is 1.41. The Hall–Kier alpha value is -0.140. The molecule has 0 amide bonds. The van der Waals surface area contributed by atoms with Gasteiger partial charge >= 0.3 is 0 Å². The lowest BCUT2D eigenvalue weighted by molar-refractivity contribution is -0.128. The summed E-state index contributed by atoms with van der Waals surface area (Å²) < 4.78 is 0. The summed E-state index contributed by atoms with van der Waals surface area (Å²) >= 11 is 3.70. The summed E-state index contributed by atoms with van der Waals surface area (Å²) in [6, 6.07) is -1.02. The van der Waals surface area contributed by atoms with E-state index in [1.807, 2.05) is 0 Å². The molecule has 0 aliphatic rings. The second kappa shape index (κ2) is 5.50. The van der Waals surface area contributed by atoms with Crippen molar-refractivity contribution in [1.29, 1.82) is 0 Å². The molecule has 0 radical (unpaired) electrons. The lowest BCUT2D eigenvalue weighted by atomic mass is 10.1. The van der Waals surface area contributed by atoms with Crippen molar-refractivity contribution in [3.8, 4) is 0 Å². The first-order valence-electron chi connectivity index (χ1n) is 3.41. The van der Waals surface area contributed by atoms with Crippen LogP contribution in [0.15, 0.2) is 0 Å². The van der Waals surface area contributed by atoms with Crippen LogP contribution < -0.4 is 5.73 Å². The summed E-state index contributed by atoms with van der Waals surface area (Å²) in [5.41, 5.74) is 5.17. The molecule has 0 aromatic heterocycles. The van der Waals surface area contributed by atoms with Gasteiger partial charge in [0.05, 0.1) is 24.5 Å². The molecule has 5 N–H and O–H groups in total. The highest BCUT2D eigenvalue weighted by atomic mass is 32.1. The van der Waals surface area contributed by atoms with Crippen LogP contribution in [0.5, 0.6) is 0 Å². The van der Waals surface area contributed by atoms with E-state index in [2.05, 4.69) is 12.6 Å². The zero-order valence-electron chi connectivity index (χ0n) is 6.42. The minimum Gasteiger partial charge on any atom is -0.395 e. The topological polar surface area (TPSA) is 104 Å². The van der Waals surface area contributed by atoms with Crippen LogP contribution >= 0.6 is 12.6 Å². The number of ketones is 1. The highest BCUT2D eigenvalue weighted by molar-refractivity contribution is 7.81. The van der Waals surface area contributed by atoms with E-state index in [9.17, 15) is 4.79 Å². The normalized spacial score (nSPS) is 18.4. The zero-order valence-corrected chi connectivity index (χ0v) is 7.32. The fourth-order valence-corrected chi connectivity index (χ4v) is 0.751. The summed E-state index contributed by atoms with van der Waals surface area (Å²) in [5.74, 6) is -0.678. The lowest BCUT2D eigenvalue weighted by Crippen LogP contribution is -2.46. The molecule has 0 aromatic rings. The van der Waals surface area contributed by atoms with Crippen molar-refractivity contribution >= 4 is 18.4 Å². The number of hydrogen-bond donors (Lipinski definition) is 5. The van der Waals surface area contributed by atoms with Crippen molar-refractivity contribution in [2.24, 2.45) is 5.73 Å². The van der Waals surface area contributed by atoms with E-state index in [1.165, 1.54) is 0 Å². The van der Waals surface area contributed by atoms with Crippen molar-refractivity contribution in [2.45, 2.75) is 17.4 Å². The Labute approximate surface area is 75.6 Å². The third-order valence-corrected chi connectivity index (χ3v) is 1.83. The quantitative estimate of drug-likeness (QED) is 0.313. The Kier molecular flexibility index (Phi) is 5.43. The van der Waals surface area contributed by atoms with Crippen molar-refractivity contribution < 1.29 is 20.1 Å². The second-order valence-electron chi connectivity index (χ2n) is 2.39. The van der Waals surface area contributed by atoms with Gasteiger partial charge in [0.15, 0.2) is 5.78 Å². The van der Waals surface area contributed by atoms with Gasteiger partial charge in [0.2, 0.25) is 0 Å². The number of Topliss-reactive ketones (excluding diaryl/α,β-unsaturated/α-hetero) is 1. The monoisotopic (exact) mass is 195 g/mol. The van der Waals surface area contributed by atoms with Crippen molar-refractivity contribution in [1.82, 2.24) is 0 Å². The molecule has 0 fully saturated rings. The zero-order chi connectivity index (χ0) is 9.72. The van der Waals surface area contributed by atoms with Gasteiger partial charge in [-0.05, 0) is 0 Å². The number of nitrogens with two attached hydrogens (primary N) is 1. The van der Waals surface area contributed by atoms with Gasteiger partial charge in [0.25, 0.3) is 0 Å². The van der Waals surface area contributed by atoms with E-state index in [0.717, 1.165) is 0 Å². The Morgan fingerprint density at radius 1 is 1.42 bits per heavy atom. The average Bonchev–Trinajstić information content (AvgIpc) is 2.12. The first kappa shape index (κ1) is 11.9. The van der Waals surface area contributed by atoms with Gasteiger partial charge in [-0.15, -0.1) is 0 Å². The van der Waals surface area contributed by atoms with Crippen LogP contribution in [0, 0.1) is 0 Å². The van der Waals surface area contributed by atoms with Crippen molar-refractivity contribution in [3.05, 3.63) is 0 Å². The molecule has 12 heavy (non-hydrogen) atoms. The summed E-state index contributed by atoms with van der Waals surface area (Å²) in [7, 11) is 0. The molecule has 0 spiro atoms. The molecule has 5 nitrogen and oxygen atoms in total. The van der Waals surface area contributed by atoms with Crippen molar-refractivity contribution in [2.75, 3.05) is 13.2 Å². The third kappa shape index (κ3) is 3.08. The lowest BCUT2D eigenvalue weighted by Gasteiger charge is -2.17. The number of rotatable bonds is 5. The minimum atomic E-state index is -1.47. The molecular formula is C6H13NO4S. The smallest absolute Gasteiger partial charge is 0.177 e. The summed E-state index contributed by atoms with van der Waals surface area (Å²) in [4.78, 5) is 11.0. The van der Waals surface area contributed by atoms with Gasteiger partial charge in [-0.1, -0.05) is 0 Å². The van der Waals surface area contributed by atoms with Gasteiger partial charge in [0, 0.05) is 0 Å². The Bertz CT molecular complexity index is 154. The number of hydrogen-bond acceptors (Lipinski definition) is 6. The summed E-state index contributed by atoms with van der Waals surface area (Å²) in [6.45, 7) is -0.948. The summed E-state index contributed by atoms with van der Waals surface area (Å²) in [5, 5.41) is 25.1. The Morgan fingerprint density at radius 2 is 1.92 bits per heavy atom. The molecule has 0 unspecified atom stereocenters. The maximum atomic E-state index is 11.0. The fourth-order valence-electron chi connectivity index (χ4n) is 0.598. The maximum absolute atomic E-state index is 11.0. The van der Waals surface area contributed by atoms with Gasteiger partial charge in [0.1, 0.15) is 6.10 Å². The molecule has 0 bridgehead atoms. The number of aliphatic hydroxyl groups excluding tert-OH is 3. The van der Waals surface area contributed by atoms with Gasteiger partial charge in [-0.3, -0.25) is 4.79 Å². The molecule has 72 valence electrons. The fraction of sp³-hybridized carbons (Fsp3) is 0.833. The van der Waals surface area contributed by atoms with Crippen LogP contribution in [0.3, 0.4) is 0 Å². The number of thiol groups is 1. The highest BCUT2D eigenvalue weighted by Gasteiger charge is 2.26. The molecular weight excluding hydrogens is 182 g/mol. The van der Waals surface area contributed by atoms with Crippen LogP contribution in [0.2, 0.25) is 0 Å². The standard InChI is InChI=1S/C6H13NO4S/c7-3(1-8)5(10)6(11)4(12)2-9/h3-5,8-10,12H,1-2,7H2/t3-,4+,5+/m0/s1. The molecule has 0 rings (SSSR count). The molecule has 3 atom stereocenters. The van der Waals surface area contributed by atoms with Crippen LogP contribution in [0.4, 0.5) is 0 Å². The number of aliphatic hydroxyl groups is 3. The van der Waals surface area contributed by atoms with Crippen LogP contribution in [-0.4, -0.2) is 51.7 Å². The van der Waals surface area contributed by atoms with E-state index < -0.39 is 36.4 Å². The Balaban J connectivity index is 4.09. The van der Waals surface area contributed by atoms with E-state index >= 15 is 0 Å². The molecule has 0 saturated heterocycles. The molecule has 0 aliphatic carbocycles. The molecule has 0 aliphatic heterocycles. The Morgan fingerprint density at radius 3 is 2.25 bits per heavy atom. The highest BCUT2D eigenvalue weighted by Crippen LogP contribution is 2.02. The first-order valence-corrected chi connectivity index (χ1v) is 3.93. The molecule has 6 heteroatoms. The maximum Gasteiger partial charge on any atom is 0.177 e. The van der Waals surface area contributed by atoms with Crippen LogP contribution in [-0.2, 0) is 4.79 Å². The predicted molar refractivity (Wildman–Crippen MR) is 45.9 cm³/mol. The molecule has 0 aromatic carbocycles. The van der Waals surface area contributed by atoms with E-state index in [-0.39, 0.29) is 0 Å². The number of carbonyl (C=O) groups is 1. The molecule has 0 heterocycles. The van der Waals surface area contributed by atoms with Crippen LogP contribution in [0.25, 0.3) is 0 Å². The first-order chi connectivity index (χ1) is 5.54. The second-order valence-corrected chi connectivity index (χ2v) is 3.02. The van der Waals surface area contributed by atoms with Crippen molar-refractivity contribution in [3.63, 3.8) is 0 Å². The van der Waals surface area contributed by atoms with E-state index in [1.54, 1.807) is 0 Å². The van der Waals surface area contributed by atoms with Gasteiger partial charge in [-0.2, -0.15) is 12.6 Å². The molecule has 0 saturated carbocycles. The van der Waals surface area contributed by atoms with E-state index in [0.29, 0.717) is 0 Å². The van der Waals surface area contributed by atoms with E-state index in [4.69, 9.17) is 21.1 Å². The predicted octanol–water partition coefficient (Wildman–Crippen LogP) is -2.47. The van der Waals surface area contributed by atoms with Gasteiger partial charge in [-0.25, -0.2) is 0 Å². The minimum absolute atomic E-state index is 0.461.